The molecule has 0 aliphatic carbocycles. The van der Waals surface area contributed by atoms with Gasteiger partial charge in [-0.05, 0) is 19.1 Å². The highest BCUT2D eigenvalue weighted by atomic mass is 32.2. The Balaban J connectivity index is 1.49. The van der Waals surface area contributed by atoms with Gasteiger partial charge in [0.2, 0.25) is 17.7 Å². The van der Waals surface area contributed by atoms with Crippen LogP contribution in [0.15, 0.2) is 34.1 Å². The Morgan fingerprint density at radius 1 is 1.09 bits per heavy atom. The summed E-state index contributed by atoms with van der Waals surface area (Å²) in [5, 5.41) is -0.00944. The summed E-state index contributed by atoms with van der Waals surface area (Å²) in [4.78, 5) is 56.2. The van der Waals surface area contributed by atoms with Gasteiger partial charge in [0.15, 0.2) is 0 Å². The first-order valence-corrected chi connectivity index (χ1v) is 12.6. The molecule has 33 heavy (non-hydrogen) atoms. The van der Waals surface area contributed by atoms with E-state index in [9.17, 15) is 19.2 Å². The smallest absolute Gasteiger partial charge is 0.308 e. The van der Waals surface area contributed by atoms with Crippen LogP contribution in [0.2, 0.25) is 0 Å². The van der Waals surface area contributed by atoms with E-state index in [1.54, 1.807) is 17.0 Å². The Morgan fingerprint density at radius 2 is 1.76 bits per heavy atom. The van der Waals surface area contributed by atoms with Crippen molar-refractivity contribution < 1.29 is 19.1 Å². The average Bonchev–Trinajstić information content (AvgIpc) is 3.24. The molecule has 3 aliphatic heterocycles. The van der Waals surface area contributed by atoms with Crippen molar-refractivity contribution in [2.45, 2.75) is 43.0 Å². The zero-order valence-electron chi connectivity index (χ0n) is 18.7. The lowest BCUT2D eigenvalue weighted by atomic mass is 9.76. The monoisotopic (exact) mass is 487 g/mol. The summed E-state index contributed by atoms with van der Waals surface area (Å²) in [6.07, 6.45) is 0. The molecular weight excluding hydrogens is 462 g/mol. The Labute approximate surface area is 199 Å². The molecule has 0 N–H and O–H groups in total. The SMILES string of the molecule is Cc1ccc(N2C(=O)[C@H]3Sc4c(sc(=O)n4CC(=O)N4CCOCC4)C(C)(C)[C@H]3C2=O)cc1. The van der Waals surface area contributed by atoms with Crippen LogP contribution in [0.1, 0.15) is 24.3 Å². The number of amides is 3. The summed E-state index contributed by atoms with van der Waals surface area (Å²) < 4.78 is 6.79. The van der Waals surface area contributed by atoms with Gasteiger partial charge in [-0.3, -0.25) is 23.7 Å². The van der Waals surface area contributed by atoms with Gasteiger partial charge in [0.05, 0.1) is 29.8 Å². The molecule has 0 saturated carbocycles. The number of rotatable bonds is 3. The van der Waals surface area contributed by atoms with E-state index in [2.05, 4.69) is 0 Å². The molecule has 8 nitrogen and oxygen atoms in total. The second-order valence-corrected chi connectivity index (χ2v) is 11.3. The number of aromatic nitrogens is 1. The standard InChI is InChI=1S/C23H25N3O5S2/c1-13-4-6-14(7-5-13)26-19(28)16-17(20(26)29)32-21-18(23(16,2)3)33-22(30)25(21)12-15(27)24-8-10-31-11-9-24/h4-7,16-17H,8-12H2,1-3H3/t16-,17+/m1/s1. The van der Waals surface area contributed by atoms with E-state index in [4.69, 9.17) is 4.74 Å². The summed E-state index contributed by atoms with van der Waals surface area (Å²) in [6.45, 7) is 7.68. The van der Waals surface area contributed by atoms with Crippen molar-refractivity contribution in [3.8, 4) is 0 Å². The molecular formula is C23H25N3O5S2. The van der Waals surface area contributed by atoms with Crippen LogP contribution in [-0.4, -0.2) is 58.7 Å². The summed E-state index contributed by atoms with van der Waals surface area (Å²) in [5.41, 5.74) is 0.889. The molecule has 3 amide bonds. The number of ether oxygens (including phenoxy) is 1. The molecule has 2 saturated heterocycles. The normalized spacial score (nSPS) is 24.1. The topological polar surface area (TPSA) is 88.9 Å². The molecule has 0 unspecified atom stereocenters. The molecule has 2 atom stereocenters. The number of imide groups is 1. The number of hydrogen-bond acceptors (Lipinski definition) is 7. The maximum absolute atomic E-state index is 13.5. The second-order valence-electron chi connectivity index (χ2n) is 9.17. The third-order valence-corrected chi connectivity index (χ3v) is 9.48. The van der Waals surface area contributed by atoms with Crippen LogP contribution in [0.3, 0.4) is 0 Å². The molecule has 1 aromatic heterocycles. The van der Waals surface area contributed by atoms with Gasteiger partial charge in [0.1, 0.15) is 11.8 Å². The lowest BCUT2D eigenvalue weighted by Gasteiger charge is -2.36. The fourth-order valence-electron chi connectivity index (χ4n) is 4.76. The molecule has 0 radical (unpaired) electrons. The molecule has 2 fully saturated rings. The average molecular weight is 488 g/mol. The molecule has 1 aromatic carbocycles. The number of nitrogens with zero attached hydrogens (tertiary/aromatic N) is 3. The van der Waals surface area contributed by atoms with Gasteiger partial charge in [-0.1, -0.05) is 54.6 Å². The molecule has 174 valence electrons. The molecule has 5 rings (SSSR count). The quantitative estimate of drug-likeness (QED) is 0.616. The fourth-order valence-corrected chi connectivity index (χ4v) is 7.80. The predicted molar refractivity (Wildman–Crippen MR) is 126 cm³/mol. The Bertz CT molecular complexity index is 1190. The van der Waals surface area contributed by atoms with Crippen molar-refractivity contribution >= 4 is 46.5 Å². The number of hydrogen-bond donors (Lipinski definition) is 0. The van der Waals surface area contributed by atoms with Crippen LogP contribution in [0.25, 0.3) is 0 Å². The molecule has 2 aromatic rings. The minimum Gasteiger partial charge on any atom is -0.378 e. The highest BCUT2D eigenvalue weighted by Gasteiger charge is 2.59. The van der Waals surface area contributed by atoms with E-state index < -0.39 is 16.6 Å². The first-order chi connectivity index (χ1) is 15.7. The van der Waals surface area contributed by atoms with Crippen molar-refractivity contribution in [1.29, 1.82) is 0 Å². The van der Waals surface area contributed by atoms with Crippen molar-refractivity contribution in [2.24, 2.45) is 5.92 Å². The number of morpholine rings is 1. The van der Waals surface area contributed by atoms with E-state index >= 15 is 0 Å². The van der Waals surface area contributed by atoms with Crippen molar-refractivity contribution in [2.75, 3.05) is 31.2 Å². The second kappa shape index (κ2) is 8.11. The predicted octanol–water partition coefficient (Wildman–Crippen LogP) is 2.02. The number of thiazole rings is 1. The number of benzene rings is 1. The number of anilines is 1. The maximum Gasteiger partial charge on any atom is 0.308 e. The highest BCUT2D eigenvalue weighted by Crippen LogP contribution is 2.54. The van der Waals surface area contributed by atoms with E-state index in [1.165, 1.54) is 21.2 Å². The number of aryl methyl sites for hydroxylation is 1. The summed E-state index contributed by atoms with van der Waals surface area (Å²) in [7, 11) is 0. The van der Waals surface area contributed by atoms with Crippen LogP contribution >= 0.6 is 23.1 Å². The number of thioether (sulfide) groups is 1. The third kappa shape index (κ3) is 3.55. The largest absolute Gasteiger partial charge is 0.378 e. The van der Waals surface area contributed by atoms with Gasteiger partial charge in [-0.25, -0.2) is 4.90 Å². The summed E-state index contributed by atoms with van der Waals surface area (Å²) in [5.74, 6) is -1.24. The van der Waals surface area contributed by atoms with E-state index in [0.29, 0.717) is 37.0 Å². The first-order valence-electron chi connectivity index (χ1n) is 10.9. The number of carbonyl (C=O) groups is 3. The van der Waals surface area contributed by atoms with Gasteiger partial charge >= 0.3 is 4.87 Å². The summed E-state index contributed by atoms with van der Waals surface area (Å²) in [6, 6.07) is 7.32. The van der Waals surface area contributed by atoms with Gasteiger partial charge in [-0.2, -0.15) is 0 Å². The van der Waals surface area contributed by atoms with Crippen LogP contribution in [0.4, 0.5) is 5.69 Å². The lowest BCUT2D eigenvalue weighted by Crippen LogP contribution is -2.44. The maximum atomic E-state index is 13.5. The van der Waals surface area contributed by atoms with Crippen molar-refractivity contribution in [3.05, 3.63) is 44.4 Å². The fraction of sp³-hybridized carbons (Fsp3) is 0.478. The van der Waals surface area contributed by atoms with Gasteiger partial charge in [0, 0.05) is 23.4 Å². The minimum absolute atomic E-state index is 0.0745. The highest BCUT2D eigenvalue weighted by molar-refractivity contribution is 8.00. The number of carbonyl (C=O) groups excluding carboxylic acids is 3. The van der Waals surface area contributed by atoms with E-state index in [1.807, 2.05) is 32.9 Å². The molecule has 0 bridgehead atoms. The Morgan fingerprint density at radius 3 is 2.42 bits per heavy atom. The van der Waals surface area contributed by atoms with Crippen LogP contribution in [0.5, 0.6) is 0 Å². The van der Waals surface area contributed by atoms with E-state index in [-0.39, 0.29) is 29.1 Å². The van der Waals surface area contributed by atoms with Gasteiger partial charge in [-0.15, -0.1) is 0 Å². The van der Waals surface area contributed by atoms with Crippen molar-refractivity contribution in [1.82, 2.24) is 9.47 Å². The first kappa shape index (κ1) is 22.4. The summed E-state index contributed by atoms with van der Waals surface area (Å²) >= 11 is 2.32. The minimum atomic E-state index is -0.714. The number of fused-ring (bicyclic) bond motifs is 2. The Hall–Kier alpha value is -2.43. The zero-order chi connectivity index (χ0) is 23.5. The van der Waals surface area contributed by atoms with E-state index in [0.717, 1.165) is 21.8 Å². The molecule has 10 heteroatoms. The molecule has 3 aliphatic rings. The van der Waals surface area contributed by atoms with Crippen LogP contribution < -0.4 is 9.77 Å². The van der Waals surface area contributed by atoms with Gasteiger partial charge in [0.25, 0.3) is 0 Å². The Kier molecular flexibility index (Phi) is 5.49. The molecule has 4 heterocycles. The zero-order valence-corrected chi connectivity index (χ0v) is 20.3. The van der Waals surface area contributed by atoms with Crippen LogP contribution in [0, 0.1) is 12.8 Å². The molecule has 0 spiro atoms. The van der Waals surface area contributed by atoms with Crippen molar-refractivity contribution in [3.63, 3.8) is 0 Å². The van der Waals surface area contributed by atoms with Gasteiger partial charge < -0.3 is 9.64 Å². The van der Waals surface area contributed by atoms with Crippen LogP contribution in [-0.2, 0) is 31.1 Å². The third-order valence-electron chi connectivity index (χ3n) is 6.65. The lowest BCUT2D eigenvalue weighted by molar-refractivity contribution is -0.136.